The number of benzene rings is 1. The van der Waals surface area contributed by atoms with Gasteiger partial charge in [0.1, 0.15) is 17.8 Å². The van der Waals surface area contributed by atoms with Gasteiger partial charge in [-0.15, -0.1) is 0 Å². The molecular formula is C24H27F2N3O4. The third kappa shape index (κ3) is 3.89. The van der Waals surface area contributed by atoms with E-state index in [0.717, 1.165) is 31.4 Å². The first kappa shape index (κ1) is 22.9. The number of carbonyl (C=O) groups is 2. The maximum atomic E-state index is 14.3. The molecule has 1 saturated heterocycles. The third-order valence-electron chi connectivity index (χ3n) is 6.68. The minimum Gasteiger partial charge on any atom is -0.502 e. The Kier molecular flexibility index (Phi) is 6.23. The second kappa shape index (κ2) is 8.96. The molecule has 0 spiro atoms. The van der Waals surface area contributed by atoms with E-state index in [-0.39, 0.29) is 29.4 Å². The van der Waals surface area contributed by atoms with Crippen LogP contribution >= 0.6 is 0 Å². The standard InChI is InChI=1S/C24H27F2N3O4/c1-3-14(16-9-8-15(25)12-18(16)26)11-19(30)17-13-29-21(23(32)22(17)31)24(33)27(4-2)20-7-5-6-10-28(20)29/h8-9,12-14,20,32H,3-7,10-11H2,1-2H3/t14-,20-/m0/s1. The Balaban J connectivity index is 1.73. The fourth-order valence-corrected chi connectivity index (χ4v) is 4.92. The van der Waals surface area contributed by atoms with Crippen LogP contribution in [0.25, 0.3) is 0 Å². The van der Waals surface area contributed by atoms with Gasteiger partial charge in [0.05, 0.1) is 5.56 Å². The average molecular weight is 459 g/mol. The highest BCUT2D eigenvalue weighted by Crippen LogP contribution is 2.31. The van der Waals surface area contributed by atoms with Crippen LogP contribution in [0.15, 0.2) is 29.2 Å². The maximum absolute atomic E-state index is 14.3. The van der Waals surface area contributed by atoms with Crippen molar-refractivity contribution in [1.82, 2.24) is 9.58 Å². The Labute approximate surface area is 190 Å². The number of fused-ring (bicyclic) bond motifs is 3. The van der Waals surface area contributed by atoms with E-state index < -0.39 is 40.4 Å². The minimum atomic E-state index is -0.916. The lowest BCUT2D eigenvalue weighted by atomic mass is 9.89. The molecule has 0 bridgehead atoms. The highest BCUT2D eigenvalue weighted by molar-refractivity contribution is 6.00. The molecule has 1 aromatic heterocycles. The van der Waals surface area contributed by atoms with Crippen molar-refractivity contribution in [2.24, 2.45) is 0 Å². The molecule has 176 valence electrons. The first-order valence-electron chi connectivity index (χ1n) is 11.3. The molecule has 0 unspecified atom stereocenters. The minimum absolute atomic E-state index is 0.145. The molecule has 2 aromatic rings. The number of piperidine rings is 1. The second-order valence-electron chi connectivity index (χ2n) is 8.54. The van der Waals surface area contributed by atoms with Gasteiger partial charge in [-0.1, -0.05) is 13.0 Å². The molecule has 0 saturated carbocycles. The number of Topliss-reactive ketones (excluding diaryl/α,β-unsaturated/α-hetero) is 1. The van der Waals surface area contributed by atoms with E-state index in [1.165, 1.54) is 16.9 Å². The molecule has 4 rings (SSSR count). The summed E-state index contributed by atoms with van der Waals surface area (Å²) in [5.74, 6) is -3.80. The summed E-state index contributed by atoms with van der Waals surface area (Å²) >= 11 is 0. The predicted molar refractivity (Wildman–Crippen MR) is 118 cm³/mol. The predicted octanol–water partition coefficient (Wildman–Crippen LogP) is 3.52. The first-order chi connectivity index (χ1) is 15.8. The highest BCUT2D eigenvalue weighted by Gasteiger charge is 2.40. The van der Waals surface area contributed by atoms with Crippen molar-refractivity contribution in [3.63, 3.8) is 0 Å². The Morgan fingerprint density at radius 1 is 1.21 bits per heavy atom. The van der Waals surface area contributed by atoms with Gasteiger partial charge in [0, 0.05) is 31.8 Å². The SMILES string of the molecule is CC[C@@H](CC(=O)c1cn2c(c(O)c1=O)C(=O)N(CC)[C@@H]1CCCCN12)c1ccc(F)cc1F. The molecule has 0 radical (unpaired) electrons. The van der Waals surface area contributed by atoms with Gasteiger partial charge in [0.25, 0.3) is 5.91 Å². The maximum Gasteiger partial charge on any atom is 0.278 e. The second-order valence-corrected chi connectivity index (χ2v) is 8.54. The summed E-state index contributed by atoms with van der Waals surface area (Å²) in [7, 11) is 0. The van der Waals surface area contributed by atoms with Crippen molar-refractivity contribution in [3.05, 3.63) is 63.1 Å². The average Bonchev–Trinajstić information content (AvgIpc) is 2.80. The normalized spacial score (nSPS) is 18.7. The molecule has 0 aliphatic carbocycles. The van der Waals surface area contributed by atoms with Crippen LogP contribution in [0.1, 0.15) is 78.3 Å². The Hall–Kier alpha value is -3.23. The zero-order valence-electron chi connectivity index (χ0n) is 18.7. The Morgan fingerprint density at radius 3 is 2.64 bits per heavy atom. The number of aromatic nitrogens is 1. The van der Waals surface area contributed by atoms with E-state index in [1.54, 1.807) is 11.8 Å². The van der Waals surface area contributed by atoms with Crippen molar-refractivity contribution in [3.8, 4) is 5.75 Å². The molecule has 1 aromatic carbocycles. The van der Waals surface area contributed by atoms with Gasteiger partial charge in [-0.3, -0.25) is 24.1 Å². The van der Waals surface area contributed by atoms with Crippen LogP contribution in [0.5, 0.6) is 5.75 Å². The van der Waals surface area contributed by atoms with Crippen LogP contribution in [0.4, 0.5) is 8.78 Å². The van der Waals surface area contributed by atoms with Gasteiger partial charge >= 0.3 is 0 Å². The number of amides is 1. The zero-order valence-corrected chi connectivity index (χ0v) is 18.7. The molecule has 9 heteroatoms. The molecule has 1 N–H and O–H groups in total. The Bertz CT molecular complexity index is 1160. The molecule has 2 aliphatic heterocycles. The van der Waals surface area contributed by atoms with Crippen LogP contribution in [-0.4, -0.2) is 45.6 Å². The number of aromatic hydroxyl groups is 1. The molecule has 1 fully saturated rings. The van der Waals surface area contributed by atoms with Crippen molar-refractivity contribution in [1.29, 1.82) is 0 Å². The van der Waals surface area contributed by atoms with Crippen LogP contribution in [0.2, 0.25) is 0 Å². The lowest BCUT2D eigenvalue weighted by molar-refractivity contribution is 0.0534. The molecule has 33 heavy (non-hydrogen) atoms. The summed E-state index contributed by atoms with van der Waals surface area (Å²) in [4.78, 5) is 40.7. The van der Waals surface area contributed by atoms with Crippen molar-refractivity contribution in [2.45, 2.75) is 58.0 Å². The quantitative estimate of drug-likeness (QED) is 0.669. The smallest absolute Gasteiger partial charge is 0.278 e. The Morgan fingerprint density at radius 2 is 1.97 bits per heavy atom. The summed E-state index contributed by atoms with van der Waals surface area (Å²) < 4.78 is 29.1. The van der Waals surface area contributed by atoms with E-state index >= 15 is 0 Å². The number of carbonyl (C=O) groups excluding carboxylic acids is 2. The largest absolute Gasteiger partial charge is 0.502 e. The molecular weight excluding hydrogens is 432 g/mol. The van der Waals surface area contributed by atoms with Crippen molar-refractivity contribution >= 4 is 11.7 Å². The van der Waals surface area contributed by atoms with E-state index in [1.807, 2.05) is 11.9 Å². The summed E-state index contributed by atoms with van der Waals surface area (Å²) in [6.07, 6.45) is 3.88. The van der Waals surface area contributed by atoms with Gasteiger partial charge in [-0.25, -0.2) is 8.78 Å². The van der Waals surface area contributed by atoms with E-state index in [4.69, 9.17) is 0 Å². The van der Waals surface area contributed by atoms with Crippen molar-refractivity contribution < 1.29 is 23.5 Å². The number of rotatable bonds is 6. The number of pyridine rings is 1. The van der Waals surface area contributed by atoms with E-state index in [9.17, 15) is 28.3 Å². The molecule has 3 heterocycles. The molecule has 2 atom stereocenters. The summed E-state index contributed by atoms with van der Waals surface area (Å²) in [5, 5.41) is 12.6. The fourth-order valence-electron chi connectivity index (χ4n) is 4.92. The lowest BCUT2D eigenvalue weighted by Crippen LogP contribution is -2.63. The monoisotopic (exact) mass is 459 g/mol. The number of ketones is 1. The first-order valence-corrected chi connectivity index (χ1v) is 11.3. The van der Waals surface area contributed by atoms with Crippen LogP contribution in [0.3, 0.4) is 0 Å². The number of nitrogens with zero attached hydrogens (tertiary/aromatic N) is 3. The van der Waals surface area contributed by atoms with Gasteiger partial charge in [0.15, 0.2) is 17.2 Å². The third-order valence-corrected chi connectivity index (χ3v) is 6.68. The summed E-state index contributed by atoms with van der Waals surface area (Å²) in [5.41, 5.74) is -1.12. The zero-order chi connectivity index (χ0) is 23.9. The molecule has 1 amide bonds. The van der Waals surface area contributed by atoms with Crippen molar-refractivity contribution in [2.75, 3.05) is 18.1 Å². The fraction of sp³-hybridized carbons (Fsp3) is 0.458. The highest BCUT2D eigenvalue weighted by atomic mass is 19.1. The lowest BCUT2D eigenvalue weighted by Gasteiger charge is -2.48. The number of hydrogen-bond acceptors (Lipinski definition) is 5. The van der Waals surface area contributed by atoms with E-state index in [2.05, 4.69) is 0 Å². The molecule has 2 aliphatic rings. The summed E-state index contributed by atoms with van der Waals surface area (Å²) in [6, 6.07) is 3.20. The number of hydrogen-bond donors (Lipinski definition) is 1. The van der Waals surface area contributed by atoms with Gasteiger partial charge in [-0.2, -0.15) is 0 Å². The van der Waals surface area contributed by atoms with Gasteiger partial charge < -0.3 is 10.0 Å². The van der Waals surface area contributed by atoms with Gasteiger partial charge in [-0.05, 0) is 50.2 Å². The molecule has 7 nitrogen and oxygen atoms in total. The van der Waals surface area contributed by atoms with Gasteiger partial charge in [0.2, 0.25) is 5.43 Å². The topological polar surface area (TPSA) is 82.8 Å². The van der Waals surface area contributed by atoms with E-state index in [0.29, 0.717) is 19.5 Å². The number of halogens is 2. The van der Waals surface area contributed by atoms with Crippen LogP contribution < -0.4 is 10.4 Å². The van der Waals surface area contributed by atoms with Crippen LogP contribution in [0, 0.1) is 11.6 Å². The summed E-state index contributed by atoms with van der Waals surface area (Å²) in [6.45, 7) is 4.65. The van der Waals surface area contributed by atoms with Crippen LogP contribution in [-0.2, 0) is 0 Å².